The van der Waals surface area contributed by atoms with E-state index in [1.807, 2.05) is 34.0 Å². The molecule has 0 aliphatic carbocycles. The minimum atomic E-state index is 0.0597. The molecular formula is C13H14N4O. The van der Waals surface area contributed by atoms with Crippen LogP contribution in [0, 0.1) is 0 Å². The van der Waals surface area contributed by atoms with E-state index in [-0.39, 0.29) is 5.91 Å². The first kappa shape index (κ1) is 10.8. The molecule has 0 spiro atoms. The van der Waals surface area contributed by atoms with E-state index in [2.05, 4.69) is 5.10 Å². The van der Waals surface area contributed by atoms with Crippen LogP contribution in [0.4, 0.5) is 5.69 Å². The summed E-state index contributed by atoms with van der Waals surface area (Å²) in [6, 6.07) is 7.40. The molecule has 2 heterocycles. The fraction of sp³-hybridized carbons (Fsp3) is 0.231. The molecule has 5 nitrogen and oxygen atoms in total. The van der Waals surface area contributed by atoms with E-state index in [9.17, 15) is 4.79 Å². The molecule has 2 N–H and O–H groups in total. The quantitative estimate of drug-likeness (QED) is 0.820. The van der Waals surface area contributed by atoms with Crippen LogP contribution in [0.25, 0.3) is 0 Å². The van der Waals surface area contributed by atoms with Gasteiger partial charge in [0.15, 0.2) is 0 Å². The summed E-state index contributed by atoms with van der Waals surface area (Å²) >= 11 is 0. The summed E-state index contributed by atoms with van der Waals surface area (Å²) in [5.74, 6) is 0.0597. The van der Waals surface area contributed by atoms with Gasteiger partial charge in [-0.15, -0.1) is 0 Å². The third kappa shape index (κ3) is 1.84. The summed E-state index contributed by atoms with van der Waals surface area (Å²) in [6.07, 6.45) is 3.63. The molecule has 2 aromatic rings. The normalized spacial score (nSPS) is 14.0. The van der Waals surface area contributed by atoms with E-state index in [1.54, 1.807) is 12.3 Å². The van der Waals surface area contributed by atoms with Crippen molar-refractivity contribution in [2.75, 3.05) is 12.3 Å². The average molecular weight is 242 g/mol. The van der Waals surface area contributed by atoms with Gasteiger partial charge in [0, 0.05) is 36.7 Å². The van der Waals surface area contributed by atoms with Gasteiger partial charge in [-0.05, 0) is 23.8 Å². The van der Waals surface area contributed by atoms with E-state index in [1.165, 1.54) is 0 Å². The molecule has 0 fully saturated rings. The number of nitrogen functional groups attached to an aromatic ring is 1. The Kier molecular flexibility index (Phi) is 2.51. The van der Waals surface area contributed by atoms with Gasteiger partial charge in [0.2, 0.25) is 0 Å². The lowest BCUT2D eigenvalue weighted by molar-refractivity contribution is 0.0771. The zero-order valence-corrected chi connectivity index (χ0v) is 9.91. The van der Waals surface area contributed by atoms with Gasteiger partial charge in [0.25, 0.3) is 5.91 Å². The van der Waals surface area contributed by atoms with Crippen molar-refractivity contribution in [3.05, 3.63) is 47.8 Å². The molecule has 1 aromatic heterocycles. The van der Waals surface area contributed by atoms with Crippen molar-refractivity contribution in [3.8, 4) is 0 Å². The SMILES string of the molecule is Nc1ccc2c(c1)C(=O)N(CCn1cccn1)C2. The number of benzene rings is 1. The molecule has 5 heteroatoms. The molecular weight excluding hydrogens is 228 g/mol. The summed E-state index contributed by atoms with van der Waals surface area (Å²) in [6.45, 7) is 2.03. The maximum Gasteiger partial charge on any atom is 0.254 e. The Morgan fingerprint density at radius 3 is 3.00 bits per heavy atom. The highest BCUT2D eigenvalue weighted by Gasteiger charge is 2.26. The molecule has 0 saturated heterocycles. The topological polar surface area (TPSA) is 64.2 Å². The number of hydrogen-bond acceptors (Lipinski definition) is 3. The van der Waals surface area contributed by atoms with Crippen molar-refractivity contribution in [2.24, 2.45) is 0 Å². The maximum atomic E-state index is 12.1. The summed E-state index contributed by atoms with van der Waals surface area (Å²) < 4.78 is 1.82. The van der Waals surface area contributed by atoms with E-state index < -0.39 is 0 Å². The lowest BCUT2D eigenvalue weighted by Gasteiger charge is -2.15. The molecule has 0 saturated carbocycles. The zero-order valence-electron chi connectivity index (χ0n) is 9.91. The minimum Gasteiger partial charge on any atom is -0.399 e. The highest BCUT2D eigenvalue weighted by atomic mass is 16.2. The number of carbonyl (C=O) groups is 1. The third-order valence-electron chi connectivity index (χ3n) is 3.17. The molecule has 1 aromatic carbocycles. The monoisotopic (exact) mass is 242 g/mol. The number of amides is 1. The smallest absolute Gasteiger partial charge is 0.254 e. The van der Waals surface area contributed by atoms with Crippen molar-refractivity contribution >= 4 is 11.6 Å². The van der Waals surface area contributed by atoms with Gasteiger partial charge in [0.1, 0.15) is 0 Å². The standard InChI is InChI=1S/C13H14N4O/c14-11-3-2-10-9-16(13(18)12(10)8-11)6-7-17-5-1-4-15-17/h1-5,8H,6-7,9,14H2. The number of hydrogen-bond donors (Lipinski definition) is 1. The molecule has 0 atom stereocenters. The molecule has 1 aliphatic rings. The highest BCUT2D eigenvalue weighted by molar-refractivity contribution is 5.99. The Hall–Kier alpha value is -2.30. The number of nitrogens with zero attached hydrogens (tertiary/aromatic N) is 3. The molecule has 1 aliphatic heterocycles. The van der Waals surface area contributed by atoms with E-state index in [0.717, 1.165) is 11.1 Å². The van der Waals surface area contributed by atoms with Crippen molar-refractivity contribution in [1.82, 2.24) is 14.7 Å². The van der Waals surface area contributed by atoms with Crippen LogP contribution < -0.4 is 5.73 Å². The van der Waals surface area contributed by atoms with Crippen LogP contribution in [-0.2, 0) is 13.1 Å². The fourth-order valence-electron chi connectivity index (χ4n) is 2.22. The van der Waals surface area contributed by atoms with Gasteiger partial charge in [-0.25, -0.2) is 0 Å². The van der Waals surface area contributed by atoms with Gasteiger partial charge in [-0.3, -0.25) is 9.48 Å². The molecule has 0 unspecified atom stereocenters. The van der Waals surface area contributed by atoms with Crippen LogP contribution in [0.5, 0.6) is 0 Å². The summed E-state index contributed by atoms with van der Waals surface area (Å²) in [5, 5.41) is 4.12. The van der Waals surface area contributed by atoms with Gasteiger partial charge in [0.05, 0.1) is 6.54 Å². The third-order valence-corrected chi connectivity index (χ3v) is 3.17. The predicted octanol–water partition coefficient (Wildman–Crippen LogP) is 1.12. The molecule has 0 radical (unpaired) electrons. The van der Waals surface area contributed by atoms with E-state index in [0.29, 0.717) is 25.3 Å². The number of anilines is 1. The van der Waals surface area contributed by atoms with Gasteiger partial charge in [-0.2, -0.15) is 5.10 Å². The second-order valence-corrected chi connectivity index (χ2v) is 4.41. The number of fused-ring (bicyclic) bond motifs is 1. The zero-order chi connectivity index (χ0) is 12.5. The van der Waals surface area contributed by atoms with Crippen molar-refractivity contribution < 1.29 is 4.79 Å². The second-order valence-electron chi connectivity index (χ2n) is 4.41. The molecule has 18 heavy (non-hydrogen) atoms. The largest absolute Gasteiger partial charge is 0.399 e. The predicted molar refractivity (Wildman–Crippen MR) is 67.8 cm³/mol. The summed E-state index contributed by atoms with van der Waals surface area (Å²) in [5.41, 5.74) is 8.12. The van der Waals surface area contributed by atoms with Crippen LogP contribution in [-0.4, -0.2) is 27.1 Å². The Balaban J connectivity index is 1.72. The Labute approximate surface area is 105 Å². The number of aromatic nitrogens is 2. The Bertz CT molecular complexity index is 577. The number of rotatable bonds is 3. The van der Waals surface area contributed by atoms with Crippen molar-refractivity contribution in [3.63, 3.8) is 0 Å². The van der Waals surface area contributed by atoms with Crippen molar-refractivity contribution in [1.29, 1.82) is 0 Å². The summed E-state index contributed by atoms with van der Waals surface area (Å²) in [4.78, 5) is 14.0. The number of carbonyl (C=O) groups excluding carboxylic acids is 1. The molecule has 1 amide bonds. The van der Waals surface area contributed by atoms with Crippen molar-refractivity contribution in [2.45, 2.75) is 13.1 Å². The molecule has 92 valence electrons. The van der Waals surface area contributed by atoms with Gasteiger partial charge < -0.3 is 10.6 Å². The average Bonchev–Trinajstić information content (AvgIpc) is 2.97. The van der Waals surface area contributed by atoms with E-state index in [4.69, 9.17) is 5.73 Å². The van der Waals surface area contributed by atoms with Crippen LogP contribution in [0.2, 0.25) is 0 Å². The first-order valence-corrected chi connectivity index (χ1v) is 5.89. The molecule has 0 bridgehead atoms. The lowest BCUT2D eigenvalue weighted by Crippen LogP contribution is -2.27. The van der Waals surface area contributed by atoms with Gasteiger partial charge >= 0.3 is 0 Å². The van der Waals surface area contributed by atoms with Crippen LogP contribution in [0.15, 0.2) is 36.7 Å². The summed E-state index contributed by atoms with van der Waals surface area (Å²) in [7, 11) is 0. The minimum absolute atomic E-state index is 0.0597. The maximum absolute atomic E-state index is 12.1. The lowest BCUT2D eigenvalue weighted by atomic mass is 10.1. The first-order chi connectivity index (χ1) is 8.74. The Morgan fingerprint density at radius 1 is 1.33 bits per heavy atom. The van der Waals surface area contributed by atoms with Crippen LogP contribution >= 0.6 is 0 Å². The Morgan fingerprint density at radius 2 is 2.22 bits per heavy atom. The molecule has 3 rings (SSSR count). The van der Waals surface area contributed by atoms with Crippen LogP contribution in [0.1, 0.15) is 15.9 Å². The van der Waals surface area contributed by atoms with Crippen LogP contribution in [0.3, 0.4) is 0 Å². The highest BCUT2D eigenvalue weighted by Crippen LogP contribution is 2.24. The number of nitrogens with two attached hydrogens (primary N) is 1. The van der Waals surface area contributed by atoms with E-state index >= 15 is 0 Å². The van der Waals surface area contributed by atoms with Gasteiger partial charge in [-0.1, -0.05) is 6.07 Å². The second kappa shape index (κ2) is 4.18. The fourth-order valence-corrected chi connectivity index (χ4v) is 2.22. The first-order valence-electron chi connectivity index (χ1n) is 5.89.